The summed E-state index contributed by atoms with van der Waals surface area (Å²) >= 11 is 0. The van der Waals surface area contributed by atoms with Crippen LogP contribution in [0.1, 0.15) is 61.6 Å². The number of carbonyl (C=O) groups excluding carboxylic acids is 2. The van der Waals surface area contributed by atoms with Gasteiger partial charge in [-0.15, -0.1) is 0 Å². The summed E-state index contributed by atoms with van der Waals surface area (Å²) < 4.78 is 38.3. The summed E-state index contributed by atoms with van der Waals surface area (Å²) in [6.07, 6.45) is 7.10. The first kappa shape index (κ1) is 33.3. The Hall–Kier alpha value is -4.05. The van der Waals surface area contributed by atoms with E-state index in [2.05, 4.69) is 5.32 Å². The lowest BCUT2D eigenvalue weighted by Crippen LogP contribution is -2.53. The van der Waals surface area contributed by atoms with E-state index in [9.17, 15) is 18.0 Å². The van der Waals surface area contributed by atoms with E-state index in [-0.39, 0.29) is 43.8 Å². The van der Waals surface area contributed by atoms with Gasteiger partial charge in [-0.25, -0.2) is 8.42 Å². The Kier molecular flexibility index (Phi) is 11.2. The largest absolute Gasteiger partial charge is 0.486 e. The molecule has 246 valence electrons. The van der Waals surface area contributed by atoms with Crippen LogP contribution in [0, 0.1) is 6.92 Å². The van der Waals surface area contributed by atoms with E-state index < -0.39 is 16.1 Å². The van der Waals surface area contributed by atoms with E-state index >= 15 is 0 Å². The van der Waals surface area contributed by atoms with Gasteiger partial charge in [-0.2, -0.15) is 0 Å². The summed E-state index contributed by atoms with van der Waals surface area (Å²) in [6, 6.07) is 22.2. The van der Waals surface area contributed by atoms with Crippen molar-refractivity contribution in [2.75, 3.05) is 30.3 Å². The fraction of sp³-hybridized carbons (Fsp3) is 0.444. The van der Waals surface area contributed by atoms with Crippen molar-refractivity contribution in [3.63, 3.8) is 0 Å². The number of sulfonamides is 1. The predicted octanol–water partition coefficient (Wildman–Crippen LogP) is 5.40. The number of fused-ring (bicyclic) bond motifs is 1. The topological polar surface area (TPSA) is 105 Å². The summed E-state index contributed by atoms with van der Waals surface area (Å²) in [6.45, 7) is 3.20. The molecule has 2 aliphatic rings. The minimum absolute atomic E-state index is 0.0738. The van der Waals surface area contributed by atoms with Crippen molar-refractivity contribution in [1.82, 2.24) is 10.2 Å². The summed E-state index contributed by atoms with van der Waals surface area (Å²) in [7, 11) is -3.65. The molecule has 0 saturated heterocycles. The third-order valence-corrected chi connectivity index (χ3v) is 9.82. The van der Waals surface area contributed by atoms with Gasteiger partial charge < -0.3 is 19.7 Å². The molecule has 0 spiro atoms. The standard InChI is InChI=1S/C36H45N3O6S/c1-27-11-9-14-29(23-27)26-38(32(24-28-12-5-3-6-13-28)36(41)37-30-15-7-4-8-16-30)35(40)17-10-20-39(46(2,42)43)31-18-19-33-34(25-31)45-22-21-44-33/h3,5-6,9,11-14,18-19,23,25,30,32H,4,7-8,10,15-17,20-22,24,26H2,1-2H3,(H,37,41). The van der Waals surface area contributed by atoms with Crippen molar-refractivity contribution in [1.29, 1.82) is 0 Å². The van der Waals surface area contributed by atoms with Gasteiger partial charge in [0, 0.05) is 38.0 Å². The lowest BCUT2D eigenvalue weighted by molar-refractivity contribution is -0.141. The zero-order chi connectivity index (χ0) is 32.5. The number of anilines is 1. The molecule has 1 N–H and O–H groups in total. The Morgan fingerprint density at radius 1 is 0.891 bits per heavy atom. The highest BCUT2D eigenvalue weighted by atomic mass is 32.2. The minimum atomic E-state index is -3.65. The van der Waals surface area contributed by atoms with Crippen molar-refractivity contribution >= 4 is 27.5 Å². The maximum absolute atomic E-state index is 14.2. The number of carbonyl (C=O) groups is 2. The number of nitrogens with zero attached hydrogens (tertiary/aromatic N) is 2. The quantitative estimate of drug-likeness (QED) is 0.266. The molecule has 1 heterocycles. The van der Waals surface area contributed by atoms with Crippen LogP contribution in [0.15, 0.2) is 72.8 Å². The smallest absolute Gasteiger partial charge is 0.243 e. The molecule has 1 unspecified atom stereocenters. The van der Waals surface area contributed by atoms with E-state index in [4.69, 9.17) is 9.47 Å². The molecule has 1 fully saturated rings. The second-order valence-electron chi connectivity index (χ2n) is 12.3. The molecule has 5 rings (SSSR count). The van der Waals surface area contributed by atoms with Gasteiger partial charge in [0.2, 0.25) is 21.8 Å². The predicted molar refractivity (Wildman–Crippen MR) is 180 cm³/mol. The SMILES string of the molecule is Cc1cccc(CN(C(=O)CCCN(c2ccc3c(c2)OCCO3)S(C)(=O)=O)C(Cc2ccccc2)C(=O)NC2CCCCC2)c1. The second kappa shape index (κ2) is 15.5. The van der Waals surface area contributed by atoms with Gasteiger partial charge in [0.15, 0.2) is 11.5 Å². The van der Waals surface area contributed by atoms with Crippen LogP contribution in [0.25, 0.3) is 0 Å². The lowest BCUT2D eigenvalue weighted by atomic mass is 9.94. The second-order valence-corrected chi connectivity index (χ2v) is 14.2. The maximum atomic E-state index is 14.2. The molecule has 0 radical (unpaired) electrons. The van der Waals surface area contributed by atoms with Crippen molar-refractivity contribution in [3.05, 3.63) is 89.5 Å². The summed E-state index contributed by atoms with van der Waals surface area (Å²) in [4.78, 5) is 29.9. The fourth-order valence-corrected chi connectivity index (χ4v) is 7.25. The summed E-state index contributed by atoms with van der Waals surface area (Å²) in [5, 5.41) is 3.27. The fourth-order valence-electron chi connectivity index (χ4n) is 6.30. The average Bonchev–Trinajstić information content (AvgIpc) is 3.05. The van der Waals surface area contributed by atoms with Crippen LogP contribution in [0.4, 0.5) is 5.69 Å². The highest BCUT2D eigenvalue weighted by Gasteiger charge is 2.32. The number of rotatable bonds is 13. The zero-order valence-corrected chi connectivity index (χ0v) is 27.6. The van der Waals surface area contributed by atoms with E-state index in [1.54, 1.807) is 23.1 Å². The number of benzene rings is 3. The molecular weight excluding hydrogens is 602 g/mol. The van der Waals surface area contributed by atoms with E-state index in [0.717, 1.165) is 48.6 Å². The molecule has 3 aromatic carbocycles. The molecule has 0 aromatic heterocycles. The monoisotopic (exact) mass is 647 g/mol. The lowest BCUT2D eigenvalue weighted by Gasteiger charge is -2.34. The normalized spacial score (nSPS) is 15.5. The average molecular weight is 648 g/mol. The molecule has 10 heteroatoms. The van der Waals surface area contributed by atoms with E-state index in [1.165, 1.54) is 10.7 Å². The summed E-state index contributed by atoms with van der Waals surface area (Å²) in [5.74, 6) is 0.717. The first-order valence-electron chi connectivity index (χ1n) is 16.2. The Morgan fingerprint density at radius 2 is 1.61 bits per heavy atom. The van der Waals surface area contributed by atoms with Crippen LogP contribution in [0.5, 0.6) is 11.5 Å². The van der Waals surface area contributed by atoms with Crippen molar-refractivity contribution in [2.24, 2.45) is 0 Å². The Morgan fingerprint density at radius 3 is 2.33 bits per heavy atom. The van der Waals surface area contributed by atoms with Gasteiger partial charge in [0.1, 0.15) is 19.3 Å². The first-order valence-corrected chi connectivity index (χ1v) is 18.1. The number of hydrogen-bond donors (Lipinski definition) is 1. The highest BCUT2D eigenvalue weighted by molar-refractivity contribution is 7.92. The van der Waals surface area contributed by atoms with Crippen LogP contribution < -0.4 is 19.1 Å². The van der Waals surface area contributed by atoms with Crippen LogP contribution >= 0.6 is 0 Å². The molecule has 1 aliphatic carbocycles. The van der Waals surface area contributed by atoms with Gasteiger partial charge in [-0.3, -0.25) is 13.9 Å². The van der Waals surface area contributed by atoms with Crippen LogP contribution in [-0.2, 0) is 32.6 Å². The Bertz CT molecular complexity index is 1590. The van der Waals surface area contributed by atoms with Gasteiger partial charge in [-0.05, 0) is 49.4 Å². The van der Waals surface area contributed by atoms with Crippen molar-refractivity contribution < 1.29 is 27.5 Å². The molecule has 1 saturated carbocycles. The Balaban J connectivity index is 1.38. The zero-order valence-electron chi connectivity index (χ0n) is 26.8. The first-order chi connectivity index (χ1) is 22.2. The molecule has 1 aliphatic heterocycles. The van der Waals surface area contributed by atoms with Gasteiger partial charge in [-0.1, -0.05) is 79.4 Å². The van der Waals surface area contributed by atoms with E-state index in [1.807, 2.05) is 61.5 Å². The van der Waals surface area contributed by atoms with Gasteiger partial charge in [0.05, 0.1) is 11.9 Å². The number of nitrogens with one attached hydrogen (secondary N) is 1. The molecule has 46 heavy (non-hydrogen) atoms. The molecule has 1 atom stereocenters. The number of ether oxygens (including phenoxy) is 2. The number of amides is 2. The van der Waals surface area contributed by atoms with Crippen LogP contribution in [0.2, 0.25) is 0 Å². The third-order valence-electron chi connectivity index (χ3n) is 8.62. The maximum Gasteiger partial charge on any atom is 0.243 e. The molecule has 2 amide bonds. The molecule has 3 aromatic rings. The minimum Gasteiger partial charge on any atom is -0.486 e. The number of hydrogen-bond acceptors (Lipinski definition) is 6. The van der Waals surface area contributed by atoms with Crippen molar-refractivity contribution in [2.45, 2.75) is 76.9 Å². The molecular formula is C36H45N3O6S. The highest BCUT2D eigenvalue weighted by Crippen LogP contribution is 2.35. The summed E-state index contributed by atoms with van der Waals surface area (Å²) in [5.41, 5.74) is 3.42. The third kappa shape index (κ3) is 9.02. The van der Waals surface area contributed by atoms with E-state index in [0.29, 0.717) is 36.8 Å². The van der Waals surface area contributed by atoms with Crippen LogP contribution in [0.3, 0.4) is 0 Å². The van der Waals surface area contributed by atoms with Crippen LogP contribution in [-0.4, -0.2) is 63.2 Å². The van der Waals surface area contributed by atoms with Gasteiger partial charge in [0.25, 0.3) is 0 Å². The van der Waals surface area contributed by atoms with Crippen molar-refractivity contribution in [3.8, 4) is 11.5 Å². The molecule has 0 bridgehead atoms. The van der Waals surface area contributed by atoms with Gasteiger partial charge >= 0.3 is 0 Å². The Labute approximate surface area is 272 Å². The molecule has 9 nitrogen and oxygen atoms in total. The number of aryl methyl sites for hydroxylation is 1.